The molecule has 0 aliphatic carbocycles. The average molecular weight is 595 g/mol. The third kappa shape index (κ3) is 4.76. The number of hydrogen-bond donors (Lipinski definition) is 0. The fourth-order valence-corrected chi connectivity index (χ4v) is 7.67. The standard InChI is InChI=1S/C36H42N4O4/c1-36(2,3)25-17-23(32-37-21-28(43-4)19-30(37)34(41)39(32)26-12-8-6-9-13-26)16-24(18-25)33-38-22-29(44-5)20-31(38)35(42)40(33)27-14-10-7-11-15-27/h6-18,28-33H,19-22H2,1-5H3/t28-,29-,30+,31+,32-,33-/m1/s1. The average Bonchev–Trinajstić information content (AvgIpc) is 3.77. The first-order valence-electron chi connectivity index (χ1n) is 15.7. The largest absolute Gasteiger partial charge is 0.380 e. The molecule has 230 valence electrons. The highest BCUT2D eigenvalue weighted by Crippen LogP contribution is 2.47. The molecule has 4 fully saturated rings. The number of methoxy groups -OCH3 is 2. The minimum atomic E-state index is -0.292. The van der Waals surface area contributed by atoms with E-state index in [9.17, 15) is 9.59 Å². The van der Waals surface area contributed by atoms with Gasteiger partial charge in [-0.3, -0.25) is 29.2 Å². The minimum Gasteiger partial charge on any atom is -0.380 e. The minimum absolute atomic E-state index is 0.00648. The Labute approximate surface area is 260 Å². The molecule has 0 aromatic heterocycles. The smallest absolute Gasteiger partial charge is 0.246 e. The number of rotatable bonds is 6. The van der Waals surface area contributed by atoms with Crippen LogP contribution in [0.4, 0.5) is 11.4 Å². The molecule has 8 nitrogen and oxygen atoms in total. The summed E-state index contributed by atoms with van der Waals surface area (Å²) in [6.45, 7) is 8.02. The Morgan fingerprint density at radius 3 is 1.41 bits per heavy atom. The SMILES string of the molecule is CO[C@@H]1C[C@H]2C(=O)N(c3ccccc3)[C@H](c3cc([C@H]4N(c5ccccc5)C(=O)[C@@H]5C[C@@H](OC)CN54)cc(C(C)(C)C)c3)N2C1. The van der Waals surface area contributed by atoms with Crippen LogP contribution in [-0.2, 0) is 24.5 Å². The van der Waals surface area contributed by atoms with Crippen molar-refractivity contribution >= 4 is 23.2 Å². The molecule has 6 atom stereocenters. The number of anilines is 2. The molecule has 0 bridgehead atoms. The van der Waals surface area contributed by atoms with E-state index in [-0.39, 0.29) is 53.9 Å². The highest BCUT2D eigenvalue weighted by atomic mass is 16.5. The van der Waals surface area contributed by atoms with E-state index >= 15 is 0 Å². The molecule has 0 spiro atoms. The van der Waals surface area contributed by atoms with Gasteiger partial charge in [-0.1, -0.05) is 69.3 Å². The lowest BCUT2D eigenvalue weighted by Gasteiger charge is -2.35. The summed E-state index contributed by atoms with van der Waals surface area (Å²) in [5.41, 5.74) is 4.88. The second kappa shape index (κ2) is 11.1. The highest BCUT2D eigenvalue weighted by Gasteiger charge is 2.54. The Morgan fingerprint density at radius 2 is 1.05 bits per heavy atom. The molecule has 3 aromatic rings. The maximum atomic E-state index is 14.1. The summed E-state index contributed by atoms with van der Waals surface area (Å²) in [5.74, 6) is 0.209. The molecular formula is C36H42N4O4. The molecule has 0 N–H and O–H groups in total. The Hall–Kier alpha value is -3.56. The molecule has 8 heteroatoms. The van der Waals surface area contributed by atoms with Gasteiger partial charge in [0.1, 0.15) is 12.3 Å². The van der Waals surface area contributed by atoms with Gasteiger partial charge in [-0.15, -0.1) is 0 Å². The van der Waals surface area contributed by atoms with E-state index in [0.29, 0.717) is 25.9 Å². The Balaban J connectivity index is 1.40. The van der Waals surface area contributed by atoms with Crippen LogP contribution >= 0.6 is 0 Å². The maximum Gasteiger partial charge on any atom is 0.246 e. The number of carbonyl (C=O) groups excluding carboxylic acids is 2. The molecule has 7 rings (SSSR count). The first-order chi connectivity index (χ1) is 21.2. The fraction of sp³-hybridized carbons (Fsp3) is 0.444. The number of carbonyl (C=O) groups is 2. The molecule has 2 amide bonds. The predicted octanol–water partition coefficient (Wildman–Crippen LogP) is 5.25. The second-order valence-corrected chi connectivity index (χ2v) is 13.6. The molecule has 0 unspecified atom stereocenters. The first kappa shape index (κ1) is 29.2. The molecule has 4 aliphatic heterocycles. The van der Waals surface area contributed by atoms with E-state index in [0.717, 1.165) is 22.5 Å². The lowest BCUT2D eigenvalue weighted by Crippen LogP contribution is -2.36. The second-order valence-electron chi connectivity index (χ2n) is 13.6. The van der Waals surface area contributed by atoms with Crippen molar-refractivity contribution in [1.29, 1.82) is 0 Å². The fourth-order valence-electron chi connectivity index (χ4n) is 7.67. The van der Waals surface area contributed by atoms with Gasteiger partial charge in [-0.2, -0.15) is 0 Å². The van der Waals surface area contributed by atoms with E-state index in [4.69, 9.17) is 9.47 Å². The molecule has 3 aromatic carbocycles. The van der Waals surface area contributed by atoms with E-state index < -0.39 is 0 Å². The predicted molar refractivity (Wildman–Crippen MR) is 170 cm³/mol. The number of ether oxygens (including phenoxy) is 2. The lowest BCUT2D eigenvalue weighted by molar-refractivity contribution is -0.120. The van der Waals surface area contributed by atoms with Gasteiger partial charge >= 0.3 is 0 Å². The van der Waals surface area contributed by atoms with E-state index in [2.05, 4.69) is 48.8 Å². The van der Waals surface area contributed by atoms with Crippen LogP contribution in [0.25, 0.3) is 0 Å². The van der Waals surface area contributed by atoms with Crippen molar-refractivity contribution in [2.75, 3.05) is 37.1 Å². The number of nitrogens with zero attached hydrogens (tertiary/aromatic N) is 4. The molecule has 0 saturated carbocycles. The maximum absolute atomic E-state index is 14.1. The Morgan fingerprint density at radius 1 is 0.636 bits per heavy atom. The van der Waals surface area contributed by atoms with Gasteiger partial charge in [-0.05, 0) is 65.3 Å². The molecule has 0 radical (unpaired) electrons. The Kier molecular flexibility index (Phi) is 7.36. The lowest BCUT2D eigenvalue weighted by atomic mass is 9.84. The van der Waals surface area contributed by atoms with Crippen LogP contribution in [0.2, 0.25) is 0 Å². The molecular weight excluding hydrogens is 552 g/mol. The van der Waals surface area contributed by atoms with Crippen LogP contribution in [0.3, 0.4) is 0 Å². The third-order valence-corrected chi connectivity index (χ3v) is 9.94. The number of benzene rings is 3. The Bertz CT molecular complexity index is 1430. The number of fused-ring (bicyclic) bond motifs is 2. The van der Waals surface area contributed by atoms with Crippen molar-refractivity contribution in [3.05, 3.63) is 95.6 Å². The summed E-state index contributed by atoms with van der Waals surface area (Å²) in [6.07, 6.45) is 0.777. The van der Waals surface area contributed by atoms with Crippen LogP contribution in [0, 0.1) is 0 Å². The van der Waals surface area contributed by atoms with Gasteiger partial charge in [0.25, 0.3) is 0 Å². The van der Waals surface area contributed by atoms with Crippen LogP contribution in [0.15, 0.2) is 78.9 Å². The van der Waals surface area contributed by atoms with Crippen molar-refractivity contribution in [3.63, 3.8) is 0 Å². The molecule has 4 saturated heterocycles. The zero-order valence-corrected chi connectivity index (χ0v) is 26.2. The summed E-state index contributed by atoms with van der Waals surface area (Å²) in [4.78, 5) is 36.8. The number of hydrogen-bond acceptors (Lipinski definition) is 6. The zero-order chi connectivity index (χ0) is 30.7. The summed E-state index contributed by atoms with van der Waals surface area (Å²) in [6, 6.07) is 26.3. The molecule has 4 aliphatic rings. The summed E-state index contributed by atoms with van der Waals surface area (Å²) >= 11 is 0. The van der Waals surface area contributed by atoms with E-state index in [1.165, 1.54) is 5.56 Å². The summed E-state index contributed by atoms with van der Waals surface area (Å²) in [5, 5.41) is 0. The van der Waals surface area contributed by atoms with Gasteiger partial charge in [0.2, 0.25) is 11.8 Å². The normalized spacial score (nSPS) is 29.1. The van der Waals surface area contributed by atoms with Gasteiger partial charge in [0.15, 0.2) is 0 Å². The van der Waals surface area contributed by atoms with Crippen molar-refractivity contribution in [2.24, 2.45) is 0 Å². The van der Waals surface area contributed by atoms with Crippen molar-refractivity contribution in [3.8, 4) is 0 Å². The third-order valence-electron chi connectivity index (χ3n) is 9.94. The van der Waals surface area contributed by atoms with Crippen LogP contribution < -0.4 is 9.80 Å². The van der Waals surface area contributed by atoms with Gasteiger partial charge < -0.3 is 9.47 Å². The topological polar surface area (TPSA) is 65.6 Å². The van der Waals surface area contributed by atoms with Crippen molar-refractivity contribution < 1.29 is 19.1 Å². The van der Waals surface area contributed by atoms with Gasteiger partial charge in [0.05, 0.1) is 24.3 Å². The summed E-state index contributed by atoms with van der Waals surface area (Å²) in [7, 11) is 3.46. The molecule has 4 heterocycles. The van der Waals surface area contributed by atoms with Crippen molar-refractivity contribution in [2.45, 2.75) is 75.7 Å². The quantitative estimate of drug-likeness (QED) is 0.388. The van der Waals surface area contributed by atoms with Gasteiger partial charge in [0, 0.05) is 38.7 Å². The number of para-hydroxylation sites is 2. The first-order valence-corrected chi connectivity index (χ1v) is 15.7. The zero-order valence-electron chi connectivity index (χ0n) is 26.2. The van der Waals surface area contributed by atoms with Crippen LogP contribution in [0.5, 0.6) is 0 Å². The monoisotopic (exact) mass is 594 g/mol. The summed E-state index contributed by atoms with van der Waals surface area (Å²) < 4.78 is 11.5. The van der Waals surface area contributed by atoms with Crippen molar-refractivity contribution in [1.82, 2.24) is 9.80 Å². The van der Waals surface area contributed by atoms with E-state index in [1.807, 2.05) is 70.5 Å². The highest BCUT2D eigenvalue weighted by molar-refractivity contribution is 6.01. The van der Waals surface area contributed by atoms with Gasteiger partial charge in [-0.25, -0.2) is 0 Å². The van der Waals surface area contributed by atoms with Crippen LogP contribution in [0.1, 0.15) is 62.6 Å². The number of amides is 2. The van der Waals surface area contributed by atoms with Crippen LogP contribution in [-0.4, -0.2) is 73.2 Å². The van der Waals surface area contributed by atoms with E-state index in [1.54, 1.807) is 14.2 Å². The molecule has 44 heavy (non-hydrogen) atoms.